The van der Waals surface area contributed by atoms with Crippen molar-refractivity contribution in [3.8, 4) is 0 Å². The SMILES string of the molecule is Cc1cccc2nc(C[S@](=O)[C@@H](C)C(=O)NCC(C)C)cn12. The van der Waals surface area contributed by atoms with Crippen molar-refractivity contribution in [1.82, 2.24) is 14.7 Å². The number of carbonyl (C=O) groups is 1. The van der Waals surface area contributed by atoms with Crippen LogP contribution in [0.1, 0.15) is 32.2 Å². The van der Waals surface area contributed by atoms with Crippen LogP contribution in [-0.4, -0.2) is 31.3 Å². The van der Waals surface area contributed by atoms with Crippen molar-refractivity contribution in [3.05, 3.63) is 35.8 Å². The number of amides is 1. The average molecular weight is 321 g/mol. The molecule has 2 rings (SSSR count). The van der Waals surface area contributed by atoms with Gasteiger partial charge in [-0.25, -0.2) is 4.98 Å². The van der Waals surface area contributed by atoms with E-state index in [0.29, 0.717) is 12.5 Å². The van der Waals surface area contributed by atoms with Crippen LogP contribution in [0.5, 0.6) is 0 Å². The van der Waals surface area contributed by atoms with Crippen LogP contribution in [0.2, 0.25) is 0 Å². The Morgan fingerprint density at radius 3 is 2.73 bits per heavy atom. The van der Waals surface area contributed by atoms with Gasteiger partial charge in [-0.2, -0.15) is 0 Å². The Kier molecular flexibility index (Phi) is 5.34. The number of nitrogens with one attached hydrogen (secondary N) is 1. The van der Waals surface area contributed by atoms with Crippen LogP contribution >= 0.6 is 0 Å². The van der Waals surface area contributed by atoms with Gasteiger partial charge < -0.3 is 9.72 Å². The summed E-state index contributed by atoms with van der Waals surface area (Å²) in [6.07, 6.45) is 1.89. The Hall–Kier alpha value is -1.69. The maximum atomic E-state index is 12.4. The maximum absolute atomic E-state index is 12.4. The Labute approximate surface area is 133 Å². The van der Waals surface area contributed by atoms with E-state index in [9.17, 15) is 9.00 Å². The van der Waals surface area contributed by atoms with E-state index in [4.69, 9.17) is 0 Å². The zero-order chi connectivity index (χ0) is 16.3. The molecule has 0 aliphatic carbocycles. The van der Waals surface area contributed by atoms with Gasteiger partial charge in [-0.1, -0.05) is 19.9 Å². The second-order valence-corrected chi connectivity index (χ2v) is 7.69. The highest BCUT2D eigenvalue weighted by Crippen LogP contribution is 2.11. The molecule has 0 unspecified atom stereocenters. The summed E-state index contributed by atoms with van der Waals surface area (Å²) >= 11 is 0. The van der Waals surface area contributed by atoms with E-state index >= 15 is 0 Å². The molecule has 5 nitrogen and oxygen atoms in total. The summed E-state index contributed by atoms with van der Waals surface area (Å²) in [4.78, 5) is 16.4. The van der Waals surface area contributed by atoms with E-state index in [2.05, 4.69) is 10.3 Å². The lowest BCUT2D eigenvalue weighted by Crippen LogP contribution is -2.37. The van der Waals surface area contributed by atoms with Gasteiger partial charge in [-0.15, -0.1) is 0 Å². The van der Waals surface area contributed by atoms with E-state index in [1.54, 1.807) is 6.92 Å². The summed E-state index contributed by atoms with van der Waals surface area (Å²) in [5.41, 5.74) is 2.66. The fourth-order valence-electron chi connectivity index (χ4n) is 2.11. The largest absolute Gasteiger partial charge is 0.355 e. The van der Waals surface area contributed by atoms with E-state index in [-0.39, 0.29) is 11.7 Å². The quantitative estimate of drug-likeness (QED) is 0.886. The fourth-order valence-corrected chi connectivity index (χ4v) is 3.11. The van der Waals surface area contributed by atoms with E-state index in [1.807, 2.05) is 49.6 Å². The lowest BCUT2D eigenvalue weighted by molar-refractivity contribution is -0.120. The molecule has 2 aromatic rings. The third kappa shape index (κ3) is 3.94. The summed E-state index contributed by atoms with van der Waals surface area (Å²) in [6, 6.07) is 5.86. The minimum atomic E-state index is -1.28. The molecule has 2 heterocycles. The summed E-state index contributed by atoms with van der Waals surface area (Å²) in [6.45, 7) is 8.36. The van der Waals surface area contributed by atoms with E-state index in [1.165, 1.54) is 0 Å². The lowest BCUT2D eigenvalue weighted by Gasteiger charge is -2.12. The van der Waals surface area contributed by atoms with Crippen LogP contribution in [0.3, 0.4) is 0 Å². The van der Waals surface area contributed by atoms with Gasteiger partial charge in [-0.3, -0.25) is 9.00 Å². The smallest absolute Gasteiger partial charge is 0.235 e. The van der Waals surface area contributed by atoms with Crippen molar-refractivity contribution < 1.29 is 9.00 Å². The van der Waals surface area contributed by atoms with Crippen molar-refractivity contribution >= 4 is 22.4 Å². The first-order valence-electron chi connectivity index (χ1n) is 7.47. The number of hydrogen-bond donors (Lipinski definition) is 1. The zero-order valence-corrected chi connectivity index (χ0v) is 14.3. The maximum Gasteiger partial charge on any atom is 0.235 e. The molecule has 0 spiro atoms. The molecule has 0 radical (unpaired) electrons. The van der Waals surface area contributed by atoms with E-state index in [0.717, 1.165) is 17.0 Å². The molecule has 22 heavy (non-hydrogen) atoms. The molecule has 0 saturated heterocycles. The standard InChI is InChI=1S/C16H23N3O2S/c1-11(2)8-17-16(20)13(4)22(21)10-14-9-19-12(3)6-5-7-15(19)18-14/h5-7,9,11,13H,8,10H2,1-4H3,(H,17,20)/t13-,22-/m0/s1. The van der Waals surface area contributed by atoms with Gasteiger partial charge in [0, 0.05) is 29.2 Å². The molecular weight excluding hydrogens is 298 g/mol. The highest BCUT2D eigenvalue weighted by Gasteiger charge is 2.21. The van der Waals surface area contributed by atoms with Gasteiger partial charge >= 0.3 is 0 Å². The molecule has 0 saturated carbocycles. The summed E-state index contributed by atoms with van der Waals surface area (Å²) < 4.78 is 14.3. The molecule has 1 N–H and O–H groups in total. The first-order chi connectivity index (χ1) is 10.4. The van der Waals surface area contributed by atoms with Gasteiger partial charge in [0.1, 0.15) is 10.9 Å². The van der Waals surface area contributed by atoms with Crippen LogP contribution < -0.4 is 5.32 Å². The second kappa shape index (κ2) is 7.05. The molecular formula is C16H23N3O2S. The molecule has 2 aromatic heterocycles. The van der Waals surface area contributed by atoms with Crippen LogP contribution in [0.25, 0.3) is 5.65 Å². The summed E-state index contributed by atoms with van der Waals surface area (Å²) in [5.74, 6) is 0.509. The Balaban J connectivity index is 2.03. The molecule has 0 bridgehead atoms. The van der Waals surface area contributed by atoms with Gasteiger partial charge in [-0.05, 0) is 31.9 Å². The first kappa shape index (κ1) is 16.7. The number of carbonyl (C=O) groups excluding carboxylic acids is 1. The predicted octanol–water partition coefficient (Wildman–Crippen LogP) is 2.05. The minimum absolute atomic E-state index is 0.160. The topological polar surface area (TPSA) is 63.5 Å². The van der Waals surface area contributed by atoms with Crippen LogP contribution in [-0.2, 0) is 21.3 Å². The molecule has 1 amide bonds. The molecule has 0 aliphatic heterocycles. The van der Waals surface area contributed by atoms with Crippen molar-refractivity contribution in [3.63, 3.8) is 0 Å². The lowest BCUT2D eigenvalue weighted by atomic mass is 10.2. The minimum Gasteiger partial charge on any atom is -0.355 e. The average Bonchev–Trinajstić information content (AvgIpc) is 2.87. The Morgan fingerprint density at radius 2 is 2.09 bits per heavy atom. The highest BCUT2D eigenvalue weighted by atomic mass is 32.2. The number of imidazole rings is 1. The number of aromatic nitrogens is 2. The Bertz CT molecular complexity index is 694. The fraction of sp³-hybridized carbons (Fsp3) is 0.500. The molecule has 0 aromatic carbocycles. The molecule has 120 valence electrons. The number of fused-ring (bicyclic) bond motifs is 1. The third-order valence-corrected chi connectivity index (χ3v) is 5.07. The zero-order valence-electron chi connectivity index (χ0n) is 13.5. The Morgan fingerprint density at radius 1 is 1.36 bits per heavy atom. The van der Waals surface area contributed by atoms with Gasteiger partial charge in [0.15, 0.2) is 0 Å². The monoisotopic (exact) mass is 321 g/mol. The number of pyridine rings is 1. The predicted molar refractivity (Wildman–Crippen MR) is 89.1 cm³/mol. The van der Waals surface area contributed by atoms with Gasteiger partial charge in [0.25, 0.3) is 0 Å². The normalized spacial score (nSPS) is 14.2. The highest BCUT2D eigenvalue weighted by molar-refractivity contribution is 7.85. The number of nitrogens with zero attached hydrogens (tertiary/aromatic N) is 2. The molecule has 0 aliphatic rings. The summed E-state index contributed by atoms with van der Waals surface area (Å²) in [5, 5.41) is 2.29. The van der Waals surface area contributed by atoms with Gasteiger partial charge in [0.2, 0.25) is 5.91 Å². The summed E-state index contributed by atoms with van der Waals surface area (Å²) in [7, 11) is -1.28. The number of rotatable bonds is 6. The van der Waals surface area contributed by atoms with Crippen LogP contribution in [0, 0.1) is 12.8 Å². The number of aryl methyl sites for hydroxylation is 1. The second-order valence-electron chi connectivity index (χ2n) is 5.93. The van der Waals surface area contributed by atoms with Crippen molar-refractivity contribution in [1.29, 1.82) is 0 Å². The molecule has 2 atom stereocenters. The van der Waals surface area contributed by atoms with Crippen LogP contribution in [0.4, 0.5) is 0 Å². The van der Waals surface area contributed by atoms with Crippen molar-refractivity contribution in [2.24, 2.45) is 5.92 Å². The molecule has 0 fully saturated rings. The van der Waals surface area contributed by atoms with Crippen molar-refractivity contribution in [2.75, 3.05) is 6.54 Å². The third-order valence-electron chi connectivity index (χ3n) is 3.48. The molecule has 6 heteroatoms. The number of hydrogen-bond acceptors (Lipinski definition) is 3. The van der Waals surface area contributed by atoms with Crippen LogP contribution in [0.15, 0.2) is 24.4 Å². The first-order valence-corrected chi connectivity index (χ1v) is 8.85. The van der Waals surface area contributed by atoms with Gasteiger partial charge in [0.05, 0.1) is 11.4 Å². The van der Waals surface area contributed by atoms with Crippen molar-refractivity contribution in [2.45, 2.75) is 38.7 Å². The van der Waals surface area contributed by atoms with E-state index < -0.39 is 16.0 Å².